The van der Waals surface area contributed by atoms with Gasteiger partial charge >= 0.3 is 0 Å². The fourth-order valence-electron chi connectivity index (χ4n) is 2.57. The van der Waals surface area contributed by atoms with Gasteiger partial charge in [0.15, 0.2) is 0 Å². The number of hydrogen-bond acceptors (Lipinski definition) is 4. The molecule has 4 N–H and O–H groups in total. The molecular formula is C14H21N3O3S. The molecule has 0 atom stereocenters. The maximum absolute atomic E-state index is 12.4. The van der Waals surface area contributed by atoms with Gasteiger partial charge < -0.3 is 11.5 Å². The molecule has 0 bridgehead atoms. The van der Waals surface area contributed by atoms with Gasteiger partial charge in [0.2, 0.25) is 15.9 Å². The topological polar surface area (TPSA) is 106 Å². The number of benzene rings is 1. The molecule has 21 heavy (non-hydrogen) atoms. The van der Waals surface area contributed by atoms with Crippen molar-refractivity contribution in [1.29, 1.82) is 0 Å². The second-order valence-corrected chi connectivity index (χ2v) is 7.32. The van der Waals surface area contributed by atoms with Gasteiger partial charge in [-0.3, -0.25) is 4.79 Å². The number of nitrogens with zero attached hydrogens (tertiary/aromatic N) is 1. The van der Waals surface area contributed by atoms with E-state index in [1.807, 2.05) is 18.2 Å². The lowest BCUT2D eigenvalue weighted by atomic mass is 9.98. The molecule has 1 fully saturated rings. The zero-order valence-electron chi connectivity index (χ0n) is 11.9. The van der Waals surface area contributed by atoms with Gasteiger partial charge in [-0.05, 0) is 24.0 Å². The summed E-state index contributed by atoms with van der Waals surface area (Å²) in [5.74, 6) is -0.595. The predicted molar refractivity (Wildman–Crippen MR) is 80.4 cm³/mol. The first-order chi connectivity index (χ1) is 9.92. The maximum Gasteiger partial charge on any atom is 0.220 e. The highest BCUT2D eigenvalue weighted by molar-refractivity contribution is 7.88. The molecule has 1 aliphatic heterocycles. The molecule has 1 aromatic rings. The predicted octanol–water partition coefficient (Wildman–Crippen LogP) is 0.172. The fourth-order valence-corrected chi connectivity index (χ4v) is 4.12. The highest BCUT2D eigenvalue weighted by Gasteiger charge is 2.30. The fraction of sp³-hybridized carbons (Fsp3) is 0.500. The van der Waals surface area contributed by atoms with Gasteiger partial charge in [-0.15, -0.1) is 0 Å². The van der Waals surface area contributed by atoms with Crippen LogP contribution in [0.2, 0.25) is 0 Å². The number of nitrogens with two attached hydrogens (primary N) is 2. The molecule has 6 nitrogen and oxygen atoms in total. The quantitative estimate of drug-likeness (QED) is 0.808. The summed E-state index contributed by atoms with van der Waals surface area (Å²) in [6.45, 7) is 1.09. The van der Waals surface area contributed by atoms with Crippen LogP contribution in [-0.4, -0.2) is 31.7 Å². The van der Waals surface area contributed by atoms with Crippen molar-refractivity contribution in [3.05, 3.63) is 35.4 Å². The Labute approximate surface area is 125 Å². The van der Waals surface area contributed by atoms with Gasteiger partial charge in [0.25, 0.3) is 0 Å². The van der Waals surface area contributed by atoms with Crippen LogP contribution in [0, 0.1) is 5.92 Å². The first-order valence-electron chi connectivity index (χ1n) is 6.97. The first kappa shape index (κ1) is 15.9. The zero-order chi connectivity index (χ0) is 15.5. The summed E-state index contributed by atoms with van der Waals surface area (Å²) in [6.07, 6.45) is 0.995. The standard InChI is InChI=1S/C14H21N3O3S/c15-9-11-2-1-3-12(8-11)10-21(19,20)17-6-4-13(5-7-17)14(16)18/h1-3,8,13H,4-7,9-10,15H2,(H2,16,18). The lowest BCUT2D eigenvalue weighted by Gasteiger charge is -2.29. The number of rotatable bonds is 5. The molecule has 116 valence electrons. The lowest BCUT2D eigenvalue weighted by molar-refractivity contribution is -0.122. The largest absolute Gasteiger partial charge is 0.369 e. The zero-order valence-corrected chi connectivity index (χ0v) is 12.7. The van der Waals surface area contributed by atoms with E-state index in [1.165, 1.54) is 4.31 Å². The second-order valence-electron chi connectivity index (χ2n) is 5.36. The number of hydrogen-bond donors (Lipinski definition) is 2. The van der Waals surface area contributed by atoms with E-state index < -0.39 is 10.0 Å². The van der Waals surface area contributed by atoms with Gasteiger partial charge in [0.05, 0.1) is 5.75 Å². The van der Waals surface area contributed by atoms with Crippen LogP contribution in [0.25, 0.3) is 0 Å². The Morgan fingerprint density at radius 1 is 1.24 bits per heavy atom. The number of carbonyl (C=O) groups excluding carboxylic acids is 1. The number of carbonyl (C=O) groups is 1. The van der Waals surface area contributed by atoms with E-state index in [2.05, 4.69) is 0 Å². The van der Waals surface area contributed by atoms with Crippen LogP contribution in [-0.2, 0) is 27.1 Å². The Morgan fingerprint density at radius 2 is 1.86 bits per heavy atom. The summed E-state index contributed by atoms with van der Waals surface area (Å²) >= 11 is 0. The monoisotopic (exact) mass is 311 g/mol. The third kappa shape index (κ3) is 4.03. The molecule has 0 aliphatic carbocycles. The van der Waals surface area contributed by atoms with Crippen LogP contribution >= 0.6 is 0 Å². The minimum Gasteiger partial charge on any atom is -0.369 e. The summed E-state index contributed by atoms with van der Waals surface area (Å²) in [4.78, 5) is 11.1. The van der Waals surface area contributed by atoms with Crippen molar-refractivity contribution in [2.24, 2.45) is 17.4 Å². The summed E-state index contributed by atoms with van der Waals surface area (Å²) < 4.78 is 26.3. The van der Waals surface area contributed by atoms with Gasteiger partial charge in [-0.25, -0.2) is 12.7 Å². The molecular weight excluding hydrogens is 290 g/mol. The molecule has 0 radical (unpaired) electrons. The van der Waals surface area contributed by atoms with Crippen molar-refractivity contribution >= 4 is 15.9 Å². The molecule has 1 aromatic carbocycles. The second kappa shape index (κ2) is 6.55. The Bertz CT molecular complexity index is 608. The number of primary amides is 1. The average Bonchev–Trinajstić information content (AvgIpc) is 2.47. The molecule has 1 aliphatic rings. The Balaban J connectivity index is 2.03. The van der Waals surface area contributed by atoms with Gasteiger partial charge in [-0.1, -0.05) is 24.3 Å². The third-order valence-electron chi connectivity index (χ3n) is 3.83. The van der Waals surface area contributed by atoms with Gasteiger partial charge in [0, 0.05) is 25.6 Å². The van der Waals surface area contributed by atoms with Crippen molar-refractivity contribution in [3.8, 4) is 0 Å². The number of piperidine rings is 1. The summed E-state index contributed by atoms with van der Waals surface area (Å²) in [6, 6.07) is 7.28. The minimum atomic E-state index is -3.37. The van der Waals surface area contributed by atoms with E-state index in [4.69, 9.17) is 11.5 Å². The Kier molecular flexibility index (Phi) is 4.97. The van der Waals surface area contributed by atoms with Crippen molar-refractivity contribution in [2.45, 2.75) is 25.1 Å². The highest BCUT2D eigenvalue weighted by atomic mass is 32.2. The van der Waals surface area contributed by atoms with E-state index in [1.54, 1.807) is 6.07 Å². The van der Waals surface area contributed by atoms with Crippen molar-refractivity contribution in [1.82, 2.24) is 4.31 Å². The molecule has 7 heteroatoms. The Morgan fingerprint density at radius 3 is 2.43 bits per heavy atom. The van der Waals surface area contributed by atoms with Crippen LogP contribution in [0.5, 0.6) is 0 Å². The lowest BCUT2D eigenvalue weighted by Crippen LogP contribution is -2.42. The molecule has 0 spiro atoms. The molecule has 1 saturated heterocycles. The van der Waals surface area contributed by atoms with Crippen molar-refractivity contribution < 1.29 is 13.2 Å². The van der Waals surface area contributed by atoms with E-state index in [0.29, 0.717) is 32.5 Å². The molecule has 2 rings (SSSR count). The van der Waals surface area contributed by atoms with Crippen molar-refractivity contribution in [3.63, 3.8) is 0 Å². The summed E-state index contributed by atoms with van der Waals surface area (Å²) in [5, 5.41) is 0. The van der Waals surface area contributed by atoms with E-state index in [9.17, 15) is 13.2 Å². The van der Waals surface area contributed by atoms with E-state index >= 15 is 0 Å². The maximum atomic E-state index is 12.4. The molecule has 0 aromatic heterocycles. The highest BCUT2D eigenvalue weighted by Crippen LogP contribution is 2.21. The van der Waals surface area contributed by atoms with Gasteiger partial charge in [0.1, 0.15) is 0 Å². The van der Waals surface area contributed by atoms with Crippen molar-refractivity contribution in [2.75, 3.05) is 13.1 Å². The smallest absolute Gasteiger partial charge is 0.220 e. The molecule has 0 unspecified atom stereocenters. The van der Waals surface area contributed by atoms with Crippen LogP contribution < -0.4 is 11.5 Å². The van der Waals surface area contributed by atoms with Crippen LogP contribution in [0.4, 0.5) is 0 Å². The van der Waals surface area contributed by atoms with Crippen LogP contribution in [0.3, 0.4) is 0 Å². The minimum absolute atomic E-state index is 0.0396. The first-order valence-corrected chi connectivity index (χ1v) is 8.58. The van der Waals surface area contributed by atoms with E-state index in [-0.39, 0.29) is 17.6 Å². The SMILES string of the molecule is NCc1cccc(CS(=O)(=O)N2CCC(C(N)=O)CC2)c1. The summed E-state index contributed by atoms with van der Waals surface area (Å²) in [7, 11) is -3.37. The third-order valence-corrected chi connectivity index (χ3v) is 5.68. The normalized spacial score (nSPS) is 17.8. The molecule has 1 heterocycles. The average molecular weight is 311 g/mol. The van der Waals surface area contributed by atoms with Gasteiger partial charge in [-0.2, -0.15) is 0 Å². The van der Waals surface area contributed by atoms with E-state index in [0.717, 1.165) is 11.1 Å². The number of amides is 1. The molecule has 0 saturated carbocycles. The van der Waals surface area contributed by atoms with Crippen LogP contribution in [0.1, 0.15) is 24.0 Å². The molecule has 1 amide bonds. The summed E-state index contributed by atoms with van der Waals surface area (Å²) in [5.41, 5.74) is 12.5. The van der Waals surface area contributed by atoms with Crippen LogP contribution in [0.15, 0.2) is 24.3 Å². The number of sulfonamides is 1. The Hall–Kier alpha value is -1.44.